The van der Waals surface area contributed by atoms with Crippen LogP contribution in [0.25, 0.3) is 0 Å². The van der Waals surface area contributed by atoms with Crippen LogP contribution in [0.5, 0.6) is 5.75 Å². The number of alkyl halides is 1. The molecule has 0 spiro atoms. The largest absolute Gasteiger partial charge is 0.486 e. The summed E-state index contributed by atoms with van der Waals surface area (Å²) >= 11 is 5.60. The number of carbonyl (C=O) groups is 1. The van der Waals surface area contributed by atoms with Crippen LogP contribution in [0, 0.1) is 0 Å². The Kier molecular flexibility index (Phi) is 4.19. The molecule has 2 unspecified atom stereocenters. The molecule has 1 heterocycles. The number of fused-ring (bicyclic) bond motifs is 1. The lowest BCUT2D eigenvalue weighted by atomic mass is 10.2. The van der Waals surface area contributed by atoms with Gasteiger partial charge in [0.15, 0.2) is 0 Å². The van der Waals surface area contributed by atoms with Gasteiger partial charge in [-0.05, 0) is 12.1 Å². The third kappa shape index (κ3) is 3.50. The summed E-state index contributed by atoms with van der Waals surface area (Å²) in [5.41, 5.74) is 0.647. The van der Waals surface area contributed by atoms with Gasteiger partial charge in [-0.25, -0.2) is 0 Å². The minimum Gasteiger partial charge on any atom is -0.486 e. The van der Waals surface area contributed by atoms with Gasteiger partial charge in [0.05, 0.1) is 18.4 Å². The van der Waals surface area contributed by atoms with E-state index in [1.165, 1.54) is 11.6 Å². The summed E-state index contributed by atoms with van der Waals surface area (Å²) in [6.45, 7) is 1.52. The number of nitrogens with zero attached hydrogens (tertiary/aromatic N) is 1. The van der Waals surface area contributed by atoms with E-state index in [1.807, 2.05) is 0 Å². The predicted molar refractivity (Wildman–Crippen MR) is 74.5 cm³/mol. The zero-order valence-electron chi connectivity index (χ0n) is 10.5. The van der Waals surface area contributed by atoms with Gasteiger partial charge in [0, 0.05) is 6.66 Å². The fourth-order valence-electron chi connectivity index (χ4n) is 2.08. The summed E-state index contributed by atoms with van der Waals surface area (Å²) in [5.74, 6) is 0.154. The molecule has 2 atom stereocenters. The van der Waals surface area contributed by atoms with Gasteiger partial charge in [0.25, 0.3) is 0 Å². The number of amides is 1. The van der Waals surface area contributed by atoms with Gasteiger partial charge >= 0.3 is 0 Å². The first-order chi connectivity index (χ1) is 8.90. The van der Waals surface area contributed by atoms with Crippen molar-refractivity contribution >= 4 is 30.6 Å². The average molecular weight is 304 g/mol. The molecule has 1 aromatic carbocycles. The third-order valence-electron chi connectivity index (χ3n) is 2.79. The highest BCUT2D eigenvalue weighted by Crippen LogP contribution is 2.40. The van der Waals surface area contributed by atoms with E-state index in [0.29, 0.717) is 11.4 Å². The van der Waals surface area contributed by atoms with Gasteiger partial charge in [-0.3, -0.25) is 9.36 Å². The van der Waals surface area contributed by atoms with E-state index in [2.05, 4.69) is 0 Å². The maximum absolute atomic E-state index is 11.8. The lowest BCUT2D eigenvalue weighted by Crippen LogP contribution is -2.45. The van der Waals surface area contributed by atoms with E-state index in [9.17, 15) is 14.3 Å². The second-order valence-corrected chi connectivity index (χ2v) is 7.31. The molecule has 0 saturated carbocycles. The first-order valence-corrected chi connectivity index (χ1v) is 8.64. The number of ether oxygens (including phenoxy) is 1. The van der Waals surface area contributed by atoms with Crippen molar-refractivity contribution < 1.29 is 19.0 Å². The van der Waals surface area contributed by atoms with Gasteiger partial charge in [0.2, 0.25) is 13.3 Å². The number of carbonyl (C=O) groups excluding carboxylic acids is 1. The summed E-state index contributed by atoms with van der Waals surface area (Å²) in [5, 5.41) is 0. The van der Waals surface area contributed by atoms with Crippen molar-refractivity contribution in [2.24, 2.45) is 0 Å². The molecular formula is C12H15ClNO4P. The summed E-state index contributed by atoms with van der Waals surface area (Å²) in [6, 6.07) is 7.08. The van der Waals surface area contributed by atoms with Crippen LogP contribution in [-0.2, 0) is 9.36 Å². The molecule has 5 nitrogen and oxygen atoms in total. The Bertz CT molecular complexity index is 530. The van der Waals surface area contributed by atoms with Crippen molar-refractivity contribution in [3.05, 3.63) is 24.3 Å². The molecule has 1 aliphatic rings. The first kappa shape index (κ1) is 14.4. The molecule has 1 N–H and O–H groups in total. The second kappa shape index (κ2) is 5.53. The summed E-state index contributed by atoms with van der Waals surface area (Å²) in [4.78, 5) is 22.8. The number of anilines is 1. The van der Waals surface area contributed by atoms with Crippen LogP contribution in [-0.4, -0.2) is 42.2 Å². The number of hydrogen-bond acceptors (Lipinski definition) is 3. The van der Waals surface area contributed by atoms with Crippen LogP contribution in [0.2, 0.25) is 0 Å². The zero-order valence-corrected chi connectivity index (χ0v) is 12.1. The number of para-hydroxylation sites is 2. The molecule has 19 heavy (non-hydrogen) atoms. The average Bonchev–Trinajstić information content (AvgIpc) is 2.35. The molecule has 0 fully saturated rings. The lowest BCUT2D eigenvalue weighted by Gasteiger charge is -2.34. The van der Waals surface area contributed by atoms with E-state index in [0.717, 1.165) is 0 Å². The Morgan fingerprint density at radius 3 is 2.89 bits per heavy atom. The molecular weight excluding hydrogens is 289 g/mol. The van der Waals surface area contributed by atoms with E-state index < -0.39 is 13.5 Å². The maximum atomic E-state index is 11.8. The summed E-state index contributed by atoms with van der Waals surface area (Å²) in [6.07, 6.45) is -0.490. The Hall–Kier alpha value is -1.03. The van der Waals surface area contributed by atoms with Crippen molar-refractivity contribution in [2.75, 3.05) is 30.2 Å². The molecule has 1 aliphatic heterocycles. The number of rotatable bonds is 3. The highest BCUT2D eigenvalue weighted by atomic mass is 35.5. The molecule has 1 amide bonds. The molecule has 0 saturated heterocycles. The molecule has 0 bridgehead atoms. The minimum absolute atomic E-state index is 0.00734. The highest BCUT2D eigenvalue weighted by molar-refractivity contribution is 7.57. The molecule has 0 aromatic heterocycles. The molecule has 1 aromatic rings. The zero-order chi connectivity index (χ0) is 14.0. The standard InChI is InChI=1S/C12H15ClNO4P/c1-19(16,17)8-9-7-14(12(15)6-13)10-4-2-3-5-11(10)18-9/h2-5,9H,6-8H2,1H3,(H,16,17). The van der Waals surface area contributed by atoms with Crippen LogP contribution >= 0.6 is 19.0 Å². The maximum Gasteiger partial charge on any atom is 0.242 e. The second-order valence-electron chi connectivity index (χ2n) is 4.58. The SMILES string of the molecule is CP(=O)(O)CC1CN(C(=O)CCl)c2ccccc2O1. The van der Waals surface area contributed by atoms with Crippen molar-refractivity contribution in [1.82, 2.24) is 0 Å². The molecule has 2 rings (SSSR count). The van der Waals surface area contributed by atoms with E-state index in [1.54, 1.807) is 24.3 Å². The topological polar surface area (TPSA) is 66.8 Å². The highest BCUT2D eigenvalue weighted by Gasteiger charge is 2.32. The molecule has 0 radical (unpaired) electrons. The van der Waals surface area contributed by atoms with Crippen LogP contribution < -0.4 is 9.64 Å². The minimum atomic E-state index is -3.21. The predicted octanol–water partition coefficient (Wildman–Crippen LogP) is 1.92. The number of halogens is 1. The Balaban J connectivity index is 2.29. The fourth-order valence-corrected chi connectivity index (χ4v) is 3.17. The van der Waals surface area contributed by atoms with Gasteiger partial charge in [0.1, 0.15) is 17.7 Å². The summed E-state index contributed by atoms with van der Waals surface area (Å²) in [7, 11) is -3.21. The van der Waals surface area contributed by atoms with E-state index in [-0.39, 0.29) is 24.5 Å². The normalized spacial score (nSPS) is 21.2. The molecule has 7 heteroatoms. The van der Waals surface area contributed by atoms with Crippen LogP contribution in [0.1, 0.15) is 0 Å². The third-order valence-corrected chi connectivity index (χ3v) is 4.11. The first-order valence-electron chi connectivity index (χ1n) is 5.82. The number of hydrogen-bond donors (Lipinski definition) is 1. The molecule has 104 valence electrons. The smallest absolute Gasteiger partial charge is 0.242 e. The van der Waals surface area contributed by atoms with Gasteiger partial charge < -0.3 is 14.5 Å². The van der Waals surface area contributed by atoms with Crippen molar-refractivity contribution in [1.29, 1.82) is 0 Å². The number of benzene rings is 1. The van der Waals surface area contributed by atoms with Crippen LogP contribution in [0.4, 0.5) is 5.69 Å². The monoisotopic (exact) mass is 303 g/mol. The Labute approximate surface area is 116 Å². The van der Waals surface area contributed by atoms with Crippen LogP contribution in [0.15, 0.2) is 24.3 Å². The van der Waals surface area contributed by atoms with E-state index >= 15 is 0 Å². The lowest BCUT2D eigenvalue weighted by molar-refractivity contribution is -0.116. The van der Waals surface area contributed by atoms with Crippen LogP contribution in [0.3, 0.4) is 0 Å². The Morgan fingerprint density at radius 2 is 2.26 bits per heavy atom. The Morgan fingerprint density at radius 1 is 1.58 bits per heavy atom. The van der Waals surface area contributed by atoms with Gasteiger partial charge in [-0.1, -0.05) is 12.1 Å². The quantitative estimate of drug-likeness (QED) is 0.684. The molecule has 0 aliphatic carbocycles. The van der Waals surface area contributed by atoms with Gasteiger partial charge in [-0.15, -0.1) is 11.6 Å². The summed E-state index contributed by atoms with van der Waals surface area (Å²) < 4.78 is 17.2. The van der Waals surface area contributed by atoms with Crippen molar-refractivity contribution in [3.63, 3.8) is 0 Å². The van der Waals surface area contributed by atoms with Crippen molar-refractivity contribution in [2.45, 2.75) is 6.10 Å². The van der Waals surface area contributed by atoms with E-state index in [4.69, 9.17) is 16.3 Å². The van der Waals surface area contributed by atoms with Gasteiger partial charge in [-0.2, -0.15) is 0 Å². The fraction of sp³-hybridized carbons (Fsp3) is 0.417. The van der Waals surface area contributed by atoms with Crippen molar-refractivity contribution in [3.8, 4) is 5.75 Å².